The van der Waals surface area contributed by atoms with Gasteiger partial charge in [0.1, 0.15) is 0 Å². The highest BCUT2D eigenvalue weighted by molar-refractivity contribution is 5.84. The average Bonchev–Trinajstić information content (AvgIpc) is 2.50. The van der Waals surface area contributed by atoms with Crippen LogP contribution in [0.4, 0.5) is 0 Å². The molecule has 4 nitrogen and oxygen atoms in total. The van der Waals surface area contributed by atoms with Gasteiger partial charge in [0.2, 0.25) is 0 Å². The van der Waals surface area contributed by atoms with Crippen molar-refractivity contribution in [1.29, 1.82) is 0 Å². The van der Waals surface area contributed by atoms with Crippen molar-refractivity contribution in [3.8, 4) is 0 Å². The number of carboxylic acid groups (broad SMARTS) is 1. The van der Waals surface area contributed by atoms with E-state index in [4.69, 9.17) is 5.11 Å². The van der Waals surface area contributed by atoms with E-state index in [1.807, 2.05) is 11.5 Å². The number of hydrogen-bond donors (Lipinski definition) is 1. The van der Waals surface area contributed by atoms with Crippen molar-refractivity contribution in [2.24, 2.45) is 5.92 Å². The predicted molar refractivity (Wildman–Crippen MR) is 48.7 cm³/mol. The molecule has 0 spiro atoms. The van der Waals surface area contributed by atoms with Gasteiger partial charge in [-0.25, -0.2) is 9.78 Å². The Balaban J connectivity index is 2.85. The number of aromatic nitrogens is 2. The standard InChI is InChI=1S/C9H14N2O2/c1-6(2)7(3)11-4-8(9(12)13)10-5-11/h4-7H,1-3H3,(H,12,13)/t7-/m0/s1. The summed E-state index contributed by atoms with van der Waals surface area (Å²) in [6.07, 6.45) is 3.13. The normalized spacial score (nSPS) is 13.2. The van der Waals surface area contributed by atoms with Gasteiger partial charge in [-0.3, -0.25) is 0 Å². The molecule has 0 aliphatic heterocycles. The number of nitrogens with zero attached hydrogens (tertiary/aromatic N) is 2. The summed E-state index contributed by atoms with van der Waals surface area (Å²) in [5.41, 5.74) is 0.104. The zero-order valence-corrected chi connectivity index (χ0v) is 8.06. The Kier molecular flexibility index (Phi) is 2.70. The second kappa shape index (κ2) is 3.60. The fourth-order valence-electron chi connectivity index (χ4n) is 1.01. The summed E-state index contributed by atoms with van der Waals surface area (Å²) in [4.78, 5) is 14.3. The van der Waals surface area contributed by atoms with E-state index in [9.17, 15) is 4.79 Å². The third-order valence-corrected chi connectivity index (χ3v) is 2.26. The molecule has 0 saturated heterocycles. The molecule has 4 heteroatoms. The van der Waals surface area contributed by atoms with E-state index in [1.165, 1.54) is 0 Å². The zero-order chi connectivity index (χ0) is 10.0. The zero-order valence-electron chi connectivity index (χ0n) is 8.06. The maximum atomic E-state index is 10.5. The van der Waals surface area contributed by atoms with Crippen molar-refractivity contribution < 1.29 is 9.90 Å². The van der Waals surface area contributed by atoms with Crippen LogP contribution in [0.3, 0.4) is 0 Å². The molecule has 1 aromatic heterocycles. The van der Waals surface area contributed by atoms with Gasteiger partial charge < -0.3 is 9.67 Å². The lowest BCUT2D eigenvalue weighted by molar-refractivity contribution is 0.0691. The van der Waals surface area contributed by atoms with Crippen molar-refractivity contribution in [3.05, 3.63) is 18.2 Å². The second-order valence-electron chi connectivity index (χ2n) is 3.50. The van der Waals surface area contributed by atoms with Gasteiger partial charge in [0, 0.05) is 12.2 Å². The number of rotatable bonds is 3. The Morgan fingerprint density at radius 3 is 2.54 bits per heavy atom. The Morgan fingerprint density at radius 2 is 2.15 bits per heavy atom. The summed E-state index contributed by atoms with van der Waals surface area (Å²) >= 11 is 0. The van der Waals surface area contributed by atoms with Crippen LogP contribution in [-0.2, 0) is 0 Å². The minimum Gasteiger partial charge on any atom is -0.476 e. The minimum absolute atomic E-state index is 0.104. The smallest absolute Gasteiger partial charge is 0.356 e. The van der Waals surface area contributed by atoms with Crippen LogP contribution in [0.15, 0.2) is 12.5 Å². The van der Waals surface area contributed by atoms with Gasteiger partial charge in [-0.2, -0.15) is 0 Å². The van der Waals surface area contributed by atoms with Crippen molar-refractivity contribution in [1.82, 2.24) is 9.55 Å². The van der Waals surface area contributed by atoms with E-state index in [-0.39, 0.29) is 11.7 Å². The molecule has 13 heavy (non-hydrogen) atoms. The molecule has 1 rings (SSSR count). The lowest BCUT2D eigenvalue weighted by Gasteiger charge is -2.16. The maximum Gasteiger partial charge on any atom is 0.356 e. The molecule has 72 valence electrons. The first-order chi connectivity index (χ1) is 6.02. The highest BCUT2D eigenvalue weighted by Crippen LogP contribution is 2.16. The quantitative estimate of drug-likeness (QED) is 0.775. The van der Waals surface area contributed by atoms with Crippen LogP contribution in [0.2, 0.25) is 0 Å². The molecule has 0 fully saturated rings. The maximum absolute atomic E-state index is 10.5. The largest absolute Gasteiger partial charge is 0.476 e. The number of hydrogen-bond acceptors (Lipinski definition) is 2. The Morgan fingerprint density at radius 1 is 1.54 bits per heavy atom. The van der Waals surface area contributed by atoms with Crippen LogP contribution in [0.25, 0.3) is 0 Å². The molecule has 0 saturated carbocycles. The summed E-state index contributed by atoms with van der Waals surface area (Å²) in [7, 11) is 0. The first kappa shape index (κ1) is 9.77. The lowest BCUT2D eigenvalue weighted by Crippen LogP contribution is -2.09. The van der Waals surface area contributed by atoms with Crippen molar-refractivity contribution in [2.45, 2.75) is 26.8 Å². The first-order valence-electron chi connectivity index (χ1n) is 4.29. The molecule has 0 aliphatic carbocycles. The van der Waals surface area contributed by atoms with E-state index in [1.54, 1.807) is 12.5 Å². The molecule has 0 aliphatic rings. The molecular formula is C9H14N2O2. The minimum atomic E-state index is -0.977. The van der Waals surface area contributed by atoms with E-state index in [0.29, 0.717) is 5.92 Å². The molecule has 1 N–H and O–H groups in total. The van der Waals surface area contributed by atoms with Gasteiger partial charge in [0.15, 0.2) is 5.69 Å². The molecule has 0 radical (unpaired) electrons. The third-order valence-electron chi connectivity index (χ3n) is 2.26. The fourth-order valence-corrected chi connectivity index (χ4v) is 1.01. The third kappa shape index (κ3) is 2.08. The van der Waals surface area contributed by atoms with Crippen LogP contribution in [0.5, 0.6) is 0 Å². The van der Waals surface area contributed by atoms with E-state index >= 15 is 0 Å². The molecule has 1 heterocycles. The number of imidazole rings is 1. The Labute approximate surface area is 77.2 Å². The van der Waals surface area contributed by atoms with Crippen LogP contribution >= 0.6 is 0 Å². The SMILES string of the molecule is CC(C)[C@H](C)n1cnc(C(=O)O)c1. The first-order valence-corrected chi connectivity index (χ1v) is 4.29. The summed E-state index contributed by atoms with van der Waals surface area (Å²) in [5, 5.41) is 8.64. The van der Waals surface area contributed by atoms with Crippen molar-refractivity contribution in [3.63, 3.8) is 0 Å². The lowest BCUT2D eigenvalue weighted by atomic mass is 10.1. The number of carboxylic acids is 1. The van der Waals surface area contributed by atoms with E-state index < -0.39 is 5.97 Å². The highest BCUT2D eigenvalue weighted by Gasteiger charge is 2.12. The van der Waals surface area contributed by atoms with Gasteiger partial charge in [-0.15, -0.1) is 0 Å². The topological polar surface area (TPSA) is 55.1 Å². The van der Waals surface area contributed by atoms with E-state index in [0.717, 1.165) is 0 Å². The van der Waals surface area contributed by atoms with Crippen LogP contribution in [0.1, 0.15) is 37.3 Å². The summed E-state index contributed by atoms with van der Waals surface area (Å²) in [5.74, 6) is -0.509. The summed E-state index contributed by atoms with van der Waals surface area (Å²) < 4.78 is 1.83. The molecule has 0 unspecified atom stereocenters. The molecule has 1 atom stereocenters. The van der Waals surface area contributed by atoms with Gasteiger partial charge in [-0.05, 0) is 12.8 Å². The van der Waals surface area contributed by atoms with Crippen molar-refractivity contribution in [2.75, 3.05) is 0 Å². The summed E-state index contributed by atoms with van der Waals surface area (Å²) in [6.45, 7) is 6.22. The Hall–Kier alpha value is -1.32. The van der Waals surface area contributed by atoms with Crippen LogP contribution in [0, 0.1) is 5.92 Å². The molecule has 0 aromatic carbocycles. The number of carbonyl (C=O) groups is 1. The van der Waals surface area contributed by atoms with Gasteiger partial charge in [-0.1, -0.05) is 13.8 Å². The van der Waals surface area contributed by atoms with Gasteiger partial charge >= 0.3 is 5.97 Å². The van der Waals surface area contributed by atoms with Crippen LogP contribution in [-0.4, -0.2) is 20.6 Å². The van der Waals surface area contributed by atoms with E-state index in [2.05, 4.69) is 18.8 Å². The van der Waals surface area contributed by atoms with Gasteiger partial charge in [0.25, 0.3) is 0 Å². The van der Waals surface area contributed by atoms with Crippen LogP contribution < -0.4 is 0 Å². The van der Waals surface area contributed by atoms with Gasteiger partial charge in [0.05, 0.1) is 6.33 Å². The molecule has 1 aromatic rings. The number of aromatic carboxylic acids is 1. The monoisotopic (exact) mass is 182 g/mol. The summed E-state index contributed by atoms with van der Waals surface area (Å²) in [6, 6.07) is 0.278. The highest BCUT2D eigenvalue weighted by atomic mass is 16.4. The molecule has 0 bridgehead atoms. The Bertz CT molecular complexity index is 304. The predicted octanol–water partition coefficient (Wildman–Crippen LogP) is 1.80. The second-order valence-corrected chi connectivity index (χ2v) is 3.50. The average molecular weight is 182 g/mol. The van der Waals surface area contributed by atoms with Crippen molar-refractivity contribution >= 4 is 5.97 Å². The molecule has 0 amide bonds. The molecular weight excluding hydrogens is 168 g/mol. The fraction of sp³-hybridized carbons (Fsp3) is 0.556.